The van der Waals surface area contributed by atoms with E-state index in [4.69, 9.17) is 18.2 Å². The first-order chi connectivity index (χ1) is 18.1. The maximum atomic E-state index is 16.4. The highest BCUT2D eigenvalue weighted by Crippen LogP contribution is 2.50. The monoisotopic (exact) mass is 502 g/mol. The SMILES string of the molecule is [2H]C([2H])([2H])N1C(=O)c2cccc(OC(F)F)c2[C@H]2C[C@@H]1c1nc3ccc(B4OC(C)(C)C(C)(C)O4)c(F)c3n12. The van der Waals surface area contributed by atoms with E-state index in [9.17, 15) is 13.6 Å². The Labute approximate surface area is 210 Å². The van der Waals surface area contributed by atoms with Gasteiger partial charge in [-0.15, -0.1) is 0 Å². The lowest BCUT2D eigenvalue weighted by Gasteiger charge is -2.32. The molecule has 2 atom stereocenters. The Kier molecular flexibility index (Phi) is 4.17. The van der Waals surface area contributed by atoms with E-state index in [-0.39, 0.29) is 45.6 Å². The number of ether oxygens (including phenoxy) is 1. The summed E-state index contributed by atoms with van der Waals surface area (Å²) < 4.78 is 85.8. The number of fused-ring (bicyclic) bond motifs is 9. The van der Waals surface area contributed by atoms with Crippen LogP contribution in [0.3, 0.4) is 0 Å². The van der Waals surface area contributed by atoms with Gasteiger partial charge in [0.05, 0.1) is 28.8 Å². The Morgan fingerprint density at radius 2 is 1.89 bits per heavy atom. The minimum absolute atomic E-state index is 0.0147. The zero-order valence-corrected chi connectivity index (χ0v) is 20.0. The number of halogens is 3. The molecule has 0 unspecified atom stereocenters. The molecule has 188 valence electrons. The van der Waals surface area contributed by atoms with E-state index < -0.39 is 55.7 Å². The number of hydrogen-bond acceptors (Lipinski definition) is 5. The number of carbonyl (C=O) groups is 1. The van der Waals surface area contributed by atoms with E-state index in [1.165, 1.54) is 28.8 Å². The lowest BCUT2D eigenvalue weighted by atomic mass is 9.78. The van der Waals surface area contributed by atoms with Crippen molar-refractivity contribution in [3.05, 3.63) is 53.1 Å². The molecule has 6 rings (SSSR count). The van der Waals surface area contributed by atoms with E-state index in [1.807, 2.05) is 27.7 Å². The summed E-state index contributed by atoms with van der Waals surface area (Å²) in [6.07, 6.45) is -0.0147. The van der Waals surface area contributed by atoms with Crippen LogP contribution in [0.1, 0.15) is 72.1 Å². The van der Waals surface area contributed by atoms with Crippen molar-refractivity contribution in [2.45, 2.75) is 64.0 Å². The van der Waals surface area contributed by atoms with Crippen molar-refractivity contribution >= 4 is 29.5 Å². The quantitative estimate of drug-likeness (QED) is 0.503. The average molecular weight is 502 g/mol. The lowest BCUT2D eigenvalue weighted by Crippen LogP contribution is -2.41. The van der Waals surface area contributed by atoms with Crippen molar-refractivity contribution in [1.82, 2.24) is 14.5 Å². The molecule has 4 heterocycles. The van der Waals surface area contributed by atoms with Crippen LogP contribution in [-0.4, -0.2) is 52.3 Å². The van der Waals surface area contributed by atoms with Crippen LogP contribution in [0.15, 0.2) is 30.3 Å². The highest BCUT2D eigenvalue weighted by molar-refractivity contribution is 6.62. The van der Waals surface area contributed by atoms with Crippen LogP contribution in [0.25, 0.3) is 11.0 Å². The van der Waals surface area contributed by atoms with Crippen LogP contribution in [0.2, 0.25) is 0 Å². The third-order valence-corrected chi connectivity index (χ3v) is 7.79. The maximum absolute atomic E-state index is 16.4. The van der Waals surface area contributed by atoms with Gasteiger partial charge in [0.1, 0.15) is 22.9 Å². The molecule has 3 aromatic rings. The highest BCUT2D eigenvalue weighted by atomic mass is 19.3. The van der Waals surface area contributed by atoms with Crippen LogP contribution < -0.4 is 10.2 Å². The fraction of sp³-hybridized carbons (Fsp3) is 0.440. The van der Waals surface area contributed by atoms with Crippen LogP contribution in [-0.2, 0) is 9.31 Å². The van der Waals surface area contributed by atoms with E-state index in [0.29, 0.717) is 0 Å². The minimum Gasteiger partial charge on any atom is -0.434 e. The van der Waals surface area contributed by atoms with Crippen molar-refractivity contribution in [3.63, 3.8) is 0 Å². The first-order valence-electron chi connectivity index (χ1n) is 13.1. The van der Waals surface area contributed by atoms with Crippen LogP contribution in [0.5, 0.6) is 5.75 Å². The number of nitrogens with zero attached hydrogens (tertiary/aromatic N) is 3. The fourth-order valence-electron chi connectivity index (χ4n) is 5.32. The number of alkyl halides is 2. The highest BCUT2D eigenvalue weighted by Gasteiger charge is 2.53. The predicted octanol–water partition coefficient (Wildman–Crippen LogP) is 4.20. The summed E-state index contributed by atoms with van der Waals surface area (Å²) >= 11 is 0. The minimum atomic E-state index is -3.20. The number of carbonyl (C=O) groups excluding carboxylic acids is 1. The molecule has 0 spiro atoms. The van der Waals surface area contributed by atoms with Gasteiger partial charge >= 0.3 is 13.7 Å². The number of amides is 1. The standard InChI is InChI=1S/C25H25BF3N3O4/c1-24(2)25(3,4)36-26(35-24)13-9-10-14-20(19(13)27)32-15-11-16(21(32)30-14)31(5)22(33)12-7-6-8-17(18(12)15)34-23(28)29/h6-10,15-16,23H,11H2,1-5H3/t15-,16-/m1/s1/i5D3. The molecular formula is C25H25BF3N3O4. The summed E-state index contributed by atoms with van der Waals surface area (Å²) in [5.74, 6) is -1.71. The second kappa shape index (κ2) is 7.49. The Morgan fingerprint density at radius 3 is 2.56 bits per heavy atom. The molecule has 0 aliphatic carbocycles. The first kappa shape index (κ1) is 20.1. The van der Waals surface area contributed by atoms with Gasteiger partial charge in [0.25, 0.3) is 5.91 Å². The lowest BCUT2D eigenvalue weighted by molar-refractivity contribution is -0.0507. The van der Waals surface area contributed by atoms with Crippen molar-refractivity contribution < 1.29 is 36.1 Å². The van der Waals surface area contributed by atoms with Gasteiger partial charge in [-0.3, -0.25) is 4.79 Å². The Bertz CT molecular complexity index is 1510. The summed E-state index contributed by atoms with van der Waals surface area (Å²) in [5, 5.41) is 0. The molecule has 2 aromatic carbocycles. The van der Waals surface area contributed by atoms with Gasteiger partial charge in [-0.25, -0.2) is 9.37 Å². The van der Waals surface area contributed by atoms with Crippen molar-refractivity contribution in [1.29, 1.82) is 0 Å². The van der Waals surface area contributed by atoms with Crippen molar-refractivity contribution in [2.24, 2.45) is 0 Å². The number of rotatable bonds is 3. The van der Waals surface area contributed by atoms with E-state index >= 15 is 4.39 Å². The third kappa shape index (κ3) is 3.08. The second-order valence-corrected chi connectivity index (χ2v) is 10.3. The summed E-state index contributed by atoms with van der Waals surface area (Å²) in [4.78, 5) is 18.8. The fourth-order valence-corrected chi connectivity index (χ4v) is 5.32. The third-order valence-electron chi connectivity index (χ3n) is 7.79. The number of aromatic nitrogens is 2. The van der Waals surface area contributed by atoms with Crippen molar-refractivity contribution in [3.8, 4) is 5.75 Å². The largest absolute Gasteiger partial charge is 0.497 e. The second-order valence-electron chi connectivity index (χ2n) is 10.3. The molecule has 1 amide bonds. The molecule has 1 fully saturated rings. The van der Waals surface area contributed by atoms with E-state index in [0.717, 1.165) is 4.90 Å². The smallest absolute Gasteiger partial charge is 0.434 e. The molecule has 0 saturated carbocycles. The molecule has 0 N–H and O–H groups in total. The molecule has 1 saturated heterocycles. The van der Waals surface area contributed by atoms with Gasteiger partial charge in [-0.1, -0.05) is 12.1 Å². The summed E-state index contributed by atoms with van der Waals surface area (Å²) in [6, 6.07) is 5.09. The zero-order chi connectivity index (χ0) is 28.2. The number of imidazole rings is 1. The van der Waals surface area contributed by atoms with Crippen LogP contribution in [0.4, 0.5) is 13.2 Å². The number of benzene rings is 2. The topological polar surface area (TPSA) is 65.8 Å². The van der Waals surface area contributed by atoms with E-state index in [1.54, 1.807) is 6.07 Å². The van der Waals surface area contributed by atoms with Crippen molar-refractivity contribution in [2.75, 3.05) is 6.98 Å². The molecule has 3 aliphatic heterocycles. The van der Waals surface area contributed by atoms with Gasteiger partial charge in [-0.05, 0) is 45.9 Å². The Morgan fingerprint density at radius 1 is 1.17 bits per heavy atom. The molecule has 2 bridgehead atoms. The van der Waals surface area contributed by atoms with Gasteiger partial charge in [-0.2, -0.15) is 8.78 Å². The summed E-state index contributed by atoms with van der Waals surface area (Å²) in [7, 11) is -1.03. The van der Waals surface area contributed by atoms with Crippen LogP contribution in [0, 0.1) is 5.82 Å². The average Bonchev–Trinajstić information content (AvgIpc) is 3.38. The van der Waals surface area contributed by atoms with Gasteiger partial charge in [0.2, 0.25) is 0 Å². The van der Waals surface area contributed by atoms with Gasteiger partial charge in [0, 0.05) is 34.1 Å². The molecular weight excluding hydrogens is 474 g/mol. The van der Waals surface area contributed by atoms with Gasteiger partial charge < -0.3 is 23.5 Å². The Hall–Kier alpha value is -3.05. The molecule has 7 nitrogen and oxygen atoms in total. The van der Waals surface area contributed by atoms with Gasteiger partial charge in [0.15, 0.2) is 0 Å². The van der Waals surface area contributed by atoms with Crippen LogP contribution >= 0.6 is 0 Å². The molecule has 0 radical (unpaired) electrons. The summed E-state index contributed by atoms with van der Waals surface area (Å²) in [6.45, 7) is 1.29. The molecule has 1 aromatic heterocycles. The Balaban J connectivity index is 1.60. The maximum Gasteiger partial charge on any atom is 0.497 e. The molecule has 3 aliphatic rings. The molecule has 36 heavy (non-hydrogen) atoms. The zero-order valence-electron chi connectivity index (χ0n) is 23.0. The number of hydrogen-bond donors (Lipinski definition) is 0. The first-order valence-corrected chi connectivity index (χ1v) is 11.6. The summed E-state index contributed by atoms with van der Waals surface area (Å²) in [5.41, 5.74) is -1.15. The predicted molar refractivity (Wildman–Crippen MR) is 126 cm³/mol. The normalized spacial score (nSPS) is 25.4. The molecule has 11 heteroatoms. The van der Waals surface area contributed by atoms with E-state index in [2.05, 4.69) is 4.98 Å².